The van der Waals surface area contributed by atoms with Crippen molar-refractivity contribution in [3.63, 3.8) is 0 Å². The van der Waals surface area contributed by atoms with Crippen molar-refractivity contribution in [1.29, 1.82) is 0 Å². The van der Waals surface area contributed by atoms with Gasteiger partial charge in [0.1, 0.15) is 12.4 Å². The first-order valence-electron chi connectivity index (χ1n) is 8.31. The van der Waals surface area contributed by atoms with Crippen molar-refractivity contribution in [1.82, 2.24) is 0 Å². The molecule has 0 aromatic heterocycles. The first kappa shape index (κ1) is 19.6. The molecule has 5 nitrogen and oxygen atoms in total. The number of hydrogen-bond donors (Lipinski definition) is 0. The number of halogens is 2. The zero-order valence-electron chi connectivity index (χ0n) is 15.3. The molecular formula is C21H17ClFNO4. The Morgan fingerprint density at radius 1 is 1.36 bits per heavy atom. The number of rotatable bonds is 6. The van der Waals surface area contributed by atoms with E-state index in [1.54, 1.807) is 24.3 Å². The minimum atomic E-state index is -0.684. The molecule has 28 heavy (non-hydrogen) atoms. The molecule has 0 amide bonds. The van der Waals surface area contributed by atoms with E-state index in [0.29, 0.717) is 28.7 Å². The summed E-state index contributed by atoms with van der Waals surface area (Å²) < 4.78 is 29.9. The SMILES string of the molecule is C=C(C)COc1c(Cl)cc(/C=C2/N=C(c3ccccc3F)OC2=O)cc1OC. The minimum Gasteiger partial charge on any atom is -0.493 e. The van der Waals surface area contributed by atoms with Crippen molar-refractivity contribution in [3.8, 4) is 11.5 Å². The Kier molecular flexibility index (Phi) is 5.80. The summed E-state index contributed by atoms with van der Waals surface area (Å²) in [5.41, 5.74) is 1.51. The van der Waals surface area contributed by atoms with Crippen LogP contribution in [0.3, 0.4) is 0 Å². The fourth-order valence-corrected chi connectivity index (χ4v) is 2.75. The molecule has 7 heteroatoms. The molecule has 1 aliphatic heterocycles. The average Bonchev–Trinajstić information content (AvgIpc) is 3.00. The Hall–Kier alpha value is -3.12. The second-order valence-corrected chi connectivity index (χ2v) is 6.50. The first-order valence-corrected chi connectivity index (χ1v) is 8.69. The maximum atomic E-state index is 13.9. The molecule has 144 valence electrons. The summed E-state index contributed by atoms with van der Waals surface area (Å²) in [7, 11) is 1.48. The van der Waals surface area contributed by atoms with Crippen molar-refractivity contribution in [3.05, 3.63) is 76.2 Å². The average molecular weight is 402 g/mol. The van der Waals surface area contributed by atoms with E-state index >= 15 is 0 Å². The van der Waals surface area contributed by atoms with Gasteiger partial charge in [0, 0.05) is 0 Å². The Balaban J connectivity index is 1.94. The van der Waals surface area contributed by atoms with E-state index in [1.807, 2.05) is 6.92 Å². The van der Waals surface area contributed by atoms with Gasteiger partial charge in [-0.05, 0) is 48.4 Å². The highest BCUT2D eigenvalue weighted by molar-refractivity contribution is 6.32. The van der Waals surface area contributed by atoms with Gasteiger partial charge in [-0.1, -0.05) is 30.3 Å². The maximum absolute atomic E-state index is 13.9. The molecule has 1 heterocycles. The zero-order chi connectivity index (χ0) is 20.3. The Morgan fingerprint density at radius 2 is 2.11 bits per heavy atom. The number of carbonyl (C=O) groups is 1. The normalized spacial score (nSPS) is 14.6. The van der Waals surface area contributed by atoms with Crippen LogP contribution in [-0.4, -0.2) is 25.6 Å². The fourth-order valence-electron chi connectivity index (χ4n) is 2.48. The van der Waals surface area contributed by atoms with Gasteiger partial charge < -0.3 is 14.2 Å². The predicted molar refractivity (Wildman–Crippen MR) is 105 cm³/mol. The third-order valence-electron chi connectivity index (χ3n) is 3.74. The standard InChI is InChI=1S/C21H17ClFNO4/c1-12(2)11-27-19-15(22)8-13(10-18(19)26-3)9-17-21(25)28-20(24-17)14-6-4-5-7-16(14)23/h4-10H,1,11H2,2-3H3/b17-9+. The predicted octanol–water partition coefficient (Wildman–Crippen LogP) is 4.79. The van der Waals surface area contributed by atoms with Crippen molar-refractivity contribution in [2.45, 2.75) is 6.92 Å². The Labute approximate surface area is 166 Å². The quantitative estimate of drug-likeness (QED) is 0.397. The van der Waals surface area contributed by atoms with Crippen LogP contribution in [0.25, 0.3) is 6.08 Å². The molecule has 0 saturated carbocycles. The van der Waals surface area contributed by atoms with E-state index in [2.05, 4.69) is 11.6 Å². The van der Waals surface area contributed by atoms with Gasteiger partial charge in [-0.25, -0.2) is 14.2 Å². The molecular weight excluding hydrogens is 385 g/mol. The second kappa shape index (κ2) is 8.27. The zero-order valence-corrected chi connectivity index (χ0v) is 16.0. The second-order valence-electron chi connectivity index (χ2n) is 6.10. The lowest BCUT2D eigenvalue weighted by Crippen LogP contribution is -2.07. The van der Waals surface area contributed by atoms with Crippen LogP contribution in [0.1, 0.15) is 18.1 Å². The number of cyclic esters (lactones) is 1. The molecule has 2 aromatic carbocycles. The van der Waals surface area contributed by atoms with Crippen molar-refractivity contribution >= 4 is 29.5 Å². The van der Waals surface area contributed by atoms with Crippen LogP contribution in [0.5, 0.6) is 11.5 Å². The molecule has 0 spiro atoms. The fraction of sp³-hybridized carbons (Fsp3) is 0.143. The van der Waals surface area contributed by atoms with E-state index in [4.69, 9.17) is 25.8 Å². The number of aliphatic imine (C=N–C) groups is 1. The van der Waals surface area contributed by atoms with Crippen molar-refractivity contribution in [2.75, 3.05) is 13.7 Å². The number of nitrogens with zero attached hydrogens (tertiary/aromatic N) is 1. The van der Waals surface area contributed by atoms with Gasteiger partial charge in [0.2, 0.25) is 5.90 Å². The number of benzene rings is 2. The molecule has 2 aromatic rings. The molecule has 0 fully saturated rings. The molecule has 0 atom stereocenters. The smallest absolute Gasteiger partial charge is 0.363 e. The van der Waals surface area contributed by atoms with E-state index < -0.39 is 11.8 Å². The van der Waals surface area contributed by atoms with Gasteiger partial charge in [-0.2, -0.15) is 0 Å². The van der Waals surface area contributed by atoms with E-state index in [-0.39, 0.29) is 17.2 Å². The molecule has 3 rings (SSSR count). The first-order chi connectivity index (χ1) is 13.4. The van der Waals surface area contributed by atoms with Gasteiger partial charge in [0.05, 0.1) is 17.7 Å². The molecule has 0 radical (unpaired) electrons. The number of carbonyl (C=O) groups excluding carboxylic acids is 1. The molecule has 0 N–H and O–H groups in total. The van der Waals surface area contributed by atoms with Crippen LogP contribution < -0.4 is 9.47 Å². The minimum absolute atomic E-state index is 0.0203. The van der Waals surface area contributed by atoms with Gasteiger partial charge in [-0.15, -0.1) is 0 Å². The lowest BCUT2D eigenvalue weighted by atomic mass is 10.1. The summed E-state index contributed by atoms with van der Waals surface area (Å²) in [5, 5.41) is 0.303. The highest BCUT2D eigenvalue weighted by Crippen LogP contribution is 2.37. The van der Waals surface area contributed by atoms with Crippen LogP contribution >= 0.6 is 11.6 Å². The monoisotopic (exact) mass is 401 g/mol. The molecule has 0 unspecified atom stereocenters. The van der Waals surface area contributed by atoms with Gasteiger partial charge >= 0.3 is 5.97 Å². The summed E-state index contributed by atoms with van der Waals surface area (Å²) >= 11 is 6.30. The largest absolute Gasteiger partial charge is 0.493 e. The molecule has 0 aliphatic carbocycles. The molecule has 0 bridgehead atoms. The van der Waals surface area contributed by atoms with Crippen LogP contribution in [0.2, 0.25) is 5.02 Å². The van der Waals surface area contributed by atoms with Gasteiger partial charge in [0.15, 0.2) is 17.2 Å². The van der Waals surface area contributed by atoms with E-state index in [9.17, 15) is 9.18 Å². The van der Waals surface area contributed by atoms with Crippen LogP contribution in [0.15, 0.2) is 59.2 Å². The topological polar surface area (TPSA) is 57.1 Å². The number of methoxy groups -OCH3 is 1. The summed E-state index contributed by atoms with van der Waals surface area (Å²) in [6.07, 6.45) is 1.48. The van der Waals surface area contributed by atoms with Crippen molar-refractivity contribution in [2.24, 2.45) is 4.99 Å². The van der Waals surface area contributed by atoms with Crippen LogP contribution in [0.4, 0.5) is 4.39 Å². The summed E-state index contributed by atoms with van der Waals surface area (Å²) in [4.78, 5) is 16.2. The van der Waals surface area contributed by atoms with Gasteiger partial charge in [0.25, 0.3) is 0 Å². The highest BCUT2D eigenvalue weighted by atomic mass is 35.5. The van der Waals surface area contributed by atoms with Crippen LogP contribution in [-0.2, 0) is 9.53 Å². The van der Waals surface area contributed by atoms with Crippen molar-refractivity contribution < 1.29 is 23.4 Å². The Morgan fingerprint density at radius 3 is 2.79 bits per heavy atom. The Bertz CT molecular complexity index is 1010. The number of ether oxygens (including phenoxy) is 3. The lowest BCUT2D eigenvalue weighted by Gasteiger charge is -2.13. The lowest BCUT2D eigenvalue weighted by molar-refractivity contribution is -0.129. The highest BCUT2D eigenvalue weighted by Gasteiger charge is 2.26. The van der Waals surface area contributed by atoms with E-state index in [1.165, 1.54) is 25.3 Å². The summed E-state index contributed by atoms with van der Waals surface area (Å²) in [6, 6.07) is 9.18. The van der Waals surface area contributed by atoms with Crippen LogP contribution in [0, 0.1) is 5.82 Å². The third-order valence-corrected chi connectivity index (χ3v) is 4.02. The molecule has 0 saturated heterocycles. The third kappa shape index (κ3) is 4.23. The van der Waals surface area contributed by atoms with Gasteiger partial charge in [-0.3, -0.25) is 0 Å². The summed E-state index contributed by atoms with van der Waals surface area (Å²) in [5.74, 6) is -0.534. The maximum Gasteiger partial charge on any atom is 0.363 e. The van der Waals surface area contributed by atoms with E-state index in [0.717, 1.165) is 5.57 Å². The summed E-state index contributed by atoms with van der Waals surface area (Å²) in [6.45, 7) is 5.90. The number of esters is 1. The molecule has 1 aliphatic rings. The number of hydrogen-bond acceptors (Lipinski definition) is 5.